The Bertz CT molecular complexity index is 466. The summed E-state index contributed by atoms with van der Waals surface area (Å²) < 4.78 is 19.3. The van der Waals surface area contributed by atoms with Gasteiger partial charge in [-0.1, -0.05) is 13.2 Å². The summed E-state index contributed by atoms with van der Waals surface area (Å²) in [6.45, 7) is 7.54. The predicted molar refractivity (Wildman–Crippen MR) is 101 cm³/mol. The van der Waals surface area contributed by atoms with E-state index in [1.165, 1.54) is 0 Å². The van der Waals surface area contributed by atoms with Gasteiger partial charge in [-0.15, -0.1) is 0 Å². The maximum absolute atomic E-state index is 11.5. The number of carbonyl (C=O) groups is 4. The van der Waals surface area contributed by atoms with Gasteiger partial charge in [0.2, 0.25) is 0 Å². The molecule has 0 bridgehead atoms. The van der Waals surface area contributed by atoms with Crippen LogP contribution in [0, 0.1) is 0 Å². The summed E-state index contributed by atoms with van der Waals surface area (Å²) in [6.07, 6.45) is 8.10. The van der Waals surface area contributed by atoms with Crippen molar-refractivity contribution in [3.05, 3.63) is 25.3 Å². The first kappa shape index (κ1) is 25.4. The molecule has 0 aromatic carbocycles. The van der Waals surface area contributed by atoms with Crippen LogP contribution in [0.2, 0.25) is 0 Å². The van der Waals surface area contributed by atoms with Crippen molar-refractivity contribution < 1.29 is 38.1 Å². The Labute approximate surface area is 165 Å². The number of hydrogen-bond acceptors (Lipinski definition) is 8. The molecular weight excluding hydrogens is 368 g/mol. The van der Waals surface area contributed by atoms with Crippen molar-refractivity contribution in [2.45, 2.75) is 51.4 Å². The Kier molecular flexibility index (Phi) is 16.1. The minimum absolute atomic E-state index is 0.143. The molecule has 0 aromatic rings. The molecule has 158 valence electrons. The van der Waals surface area contributed by atoms with E-state index in [0.29, 0.717) is 38.9 Å². The van der Waals surface area contributed by atoms with Crippen LogP contribution in [0.5, 0.6) is 0 Å². The van der Waals surface area contributed by atoms with Crippen molar-refractivity contribution in [2.24, 2.45) is 0 Å². The van der Waals surface area contributed by atoms with Gasteiger partial charge in [0, 0.05) is 12.2 Å². The molecule has 0 saturated heterocycles. The highest BCUT2D eigenvalue weighted by Gasteiger charge is 2.16. The highest BCUT2D eigenvalue weighted by atomic mass is 16.6. The van der Waals surface area contributed by atoms with Gasteiger partial charge in [0.25, 0.3) is 0 Å². The standard InChI is InChI=1S/C20H30O8/c1-3-17(21)25-13-9-5-7-11-15-27-19(23)20(24)28-16-12-8-6-10-14-26-18(22)4-2/h3-4H,1-2,5-16H2. The molecule has 8 nitrogen and oxygen atoms in total. The minimum atomic E-state index is -0.990. The molecule has 0 amide bonds. The van der Waals surface area contributed by atoms with E-state index in [-0.39, 0.29) is 13.2 Å². The summed E-state index contributed by atoms with van der Waals surface area (Å²) in [6, 6.07) is 0. The third kappa shape index (κ3) is 15.6. The fourth-order valence-corrected chi connectivity index (χ4v) is 2.03. The summed E-state index contributed by atoms with van der Waals surface area (Å²) in [4.78, 5) is 44.5. The molecule has 0 rings (SSSR count). The second-order valence-corrected chi connectivity index (χ2v) is 5.84. The number of carbonyl (C=O) groups excluding carboxylic acids is 4. The van der Waals surface area contributed by atoms with Gasteiger partial charge >= 0.3 is 23.9 Å². The normalized spacial score (nSPS) is 9.86. The molecule has 0 atom stereocenters. The van der Waals surface area contributed by atoms with Crippen LogP contribution in [0.25, 0.3) is 0 Å². The number of unbranched alkanes of at least 4 members (excludes halogenated alkanes) is 6. The van der Waals surface area contributed by atoms with E-state index in [2.05, 4.69) is 13.2 Å². The molecule has 0 unspecified atom stereocenters. The fourth-order valence-electron chi connectivity index (χ4n) is 2.03. The lowest BCUT2D eigenvalue weighted by Gasteiger charge is -2.06. The van der Waals surface area contributed by atoms with Crippen molar-refractivity contribution in [3.63, 3.8) is 0 Å². The summed E-state index contributed by atoms with van der Waals surface area (Å²) in [5, 5.41) is 0. The van der Waals surface area contributed by atoms with E-state index in [1.807, 2.05) is 0 Å². The topological polar surface area (TPSA) is 105 Å². The first-order valence-corrected chi connectivity index (χ1v) is 9.43. The van der Waals surface area contributed by atoms with E-state index < -0.39 is 23.9 Å². The average molecular weight is 398 g/mol. The number of ether oxygens (including phenoxy) is 4. The Morgan fingerprint density at radius 3 is 1.07 bits per heavy atom. The van der Waals surface area contributed by atoms with Crippen LogP contribution in [0.3, 0.4) is 0 Å². The van der Waals surface area contributed by atoms with Crippen LogP contribution >= 0.6 is 0 Å². The van der Waals surface area contributed by atoms with Gasteiger partial charge in [0.1, 0.15) is 0 Å². The van der Waals surface area contributed by atoms with Crippen molar-refractivity contribution in [1.29, 1.82) is 0 Å². The van der Waals surface area contributed by atoms with Crippen molar-refractivity contribution in [2.75, 3.05) is 26.4 Å². The van der Waals surface area contributed by atoms with Gasteiger partial charge in [-0.3, -0.25) is 0 Å². The second-order valence-electron chi connectivity index (χ2n) is 5.84. The number of esters is 4. The lowest BCUT2D eigenvalue weighted by atomic mass is 10.2. The Hall–Kier alpha value is -2.64. The molecule has 0 fully saturated rings. The molecule has 0 spiro atoms. The first-order valence-electron chi connectivity index (χ1n) is 9.43. The molecule has 8 heteroatoms. The second kappa shape index (κ2) is 17.8. The fraction of sp³-hybridized carbons (Fsp3) is 0.600. The Morgan fingerprint density at radius 1 is 0.500 bits per heavy atom. The van der Waals surface area contributed by atoms with Crippen LogP contribution in [-0.2, 0) is 38.1 Å². The smallest absolute Gasteiger partial charge is 0.417 e. The van der Waals surface area contributed by atoms with E-state index in [1.54, 1.807) is 0 Å². The molecule has 0 aliphatic rings. The quantitative estimate of drug-likeness (QED) is 0.128. The highest BCUT2D eigenvalue weighted by Crippen LogP contribution is 2.03. The van der Waals surface area contributed by atoms with Crippen molar-refractivity contribution >= 4 is 23.9 Å². The molecule has 0 aliphatic carbocycles. The largest absolute Gasteiger partial charge is 0.463 e. The van der Waals surface area contributed by atoms with Crippen molar-refractivity contribution in [3.8, 4) is 0 Å². The van der Waals surface area contributed by atoms with Crippen LogP contribution in [0.15, 0.2) is 25.3 Å². The van der Waals surface area contributed by atoms with Gasteiger partial charge in [0.15, 0.2) is 0 Å². The van der Waals surface area contributed by atoms with E-state index in [0.717, 1.165) is 37.8 Å². The summed E-state index contributed by atoms with van der Waals surface area (Å²) >= 11 is 0. The summed E-state index contributed by atoms with van der Waals surface area (Å²) in [7, 11) is 0. The van der Waals surface area contributed by atoms with Crippen molar-refractivity contribution in [1.82, 2.24) is 0 Å². The first-order chi connectivity index (χ1) is 13.5. The molecule has 0 aromatic heterocycles. The van der Waals surface area contributed by atoms with E-state index in [4.69, 9.17) is 18.9 Å². The number of rotatable bonds is 16. The van der Waals surface area contributed by atoms with Crippen LogP contribution in [0.4, 0.5) is 0 Å². The van der Waals surface area contributed by atoms with Crippen LogP contribution < -0.4 is 0 Å². The summed E-state index contributed by atoms with van der Waals surface area (Å²) in [5.41, 5.74) is 0. The third-order valence-electron chi connectivity index (χ3n) is 3.53. The predicted octanol–water partition coefficient (Wildman–Crippen LogP) is 2.65. The van der Waals surface area contributed by atoms with E-state index >= 15 is 0 Å². The maximum atomic E-state index is 11.5. The molecular formula is C20H30O8. The zero-order valence-corrected chi connectivity index (χ0v) is 16.3. The monoisotopic (exact) mass is 398 g/mol. The molecule has 0 radical (unpaired) electrons. The molecule has 0 saturated carbocycles. The molecule has 0 heterocycles. The van der Waals surface area contributed by atoms with Gasteiger partial charge < -0.3 is 18.9 Å². The number of hydrogen-bond donors (Lipinski definition) is 0. The molecule has 0 aliphatic heterocycles. The zero-order valence-electron chi connectivity index (χ0n) is 16.3. The van der Waals surface area contributed by atoms with Crippen LogP contribution in [-0.4, -0.2) is 50.3 Å². The van der Waals surface area contributed by atoms with Gasteiger partial charge in [0.05, 0.1) is 26.4 Å². The minimum Gasteiger partial charge on any atom is -0.463 e. The summed E-state index contributed by atoms with van der Waals surface area (Å²) in [5.74, 6) is -2.87. The van der Waals surface area contributed by atoms with Gasteiger partial charge in [-0.25, -0.2) is 19.2 Å². The average Bonchev–Trinajstić information content (AvgIpc) is 2.70. The van der Waals surface area contributed by atoms with Crippen LogP contribution in [0.1, 0.15) is 51.4 Å². The van der Waals surface area contributed by atoms with Gasteiger partial charge in [-0.05, 0) is 51.4 Å². The van der Waals surface area contributed by atoms with Gasteiger partial charge in [-0.2, -0.15) is 0 Å². The molecule has 28 heavy (non-hydrogen) atoms. The van der Waals surface area contributed by atoms with E-state index in [9.17, 15) is 19.2 Å². The Balaban J connectivity index is 3.46. The highest BCUT2D eigenvalue weighted by molar-refractivity contribution is 6.29. The SMILES string of the molecule is C=CC(=O)OCCCCCCOC(=O)C(=O)OCCCCCCOC(=O)C=C. The zero-order chi connectivity index (χ0) is 21.0. The lowest BCUT2D eigenvalue weighted by molar-refractivity contribution is -0.167. The lowest BCUT2D eigenvalue weighted by Crippen LogP contribution is -2.21. The third-order valence-corrected chi connectivity index (χ3v) is 3.53. The maximum Gasteiger partial charge on any atom is 0.417 e. The molecule has 0 N–H and O–H groups in total. The Morgan fingerprint density at radius 2 is 0.786 bits per heavy atom.